The molecule has 1 aliphatic heterocycles. The molecule has 0 saturated carbocycles. The second-order valence-corrected chi connectivity index (χ2v) is 9.16. The summed E-state index contributed by atoms with van der Waals surface area (Å²) in [6.07, 6.45) is 2.25. The van der Waals surface area contributed by atoms with E-state index in [9.17, 15) is 13.2 Å². The van der Waals surface area contributed by atoms with E-state index in [1.165, 1.54) is 6.26 Å². The van der Waals surface area contributed by atoms with E-state index in [1.807, 2.05) is 27.7 Å². The molecule has 1 amide bonds. The zero-order chi connectivity index (χ0) is 16.3. The highest BCUT2D eigenvalue weighted by atomic mass is 32.2. The molecule has 0 spiro atoms. The first-order valence-electron chi connectivity index (χ1n) is 7.20. The van der Waals surface area contributed by atoms with E-state index in [1.54, 1.807) is 4.90 Å². The average Bonchev–Trinajstić information content (AvgIpc) is 2.25. The first kappa shape index (κ1) is 18.2. The zero-order valence-corrected chi connectivity index (χ0v) is 14.5. The molecule has 0 aromatic rings. The summed E-state index contributed by atoms with van der Waals surface area (Å²) >= 11 is 0. The van der Waals surface area contributed by atoms with Gasteiger partial charge in [0.15, 0.2) is 0 Å². The number of carbonyl (C=O) groups excluding carboxylic acids is 1. The van der Waals surface area contributed by atoms with E-state index in [4.69, 9.17) is 9.47 Å². The van der Waals surface area contributed by atoms with E-state index in [2.05, 4.69) is 0 Å². The second kappa shape index (κ2) is 6.52. The fourth-order valence-electron chi connectivity index (χ4n) is 2.07. The molecule has 1 saturated heterocycles. The summed E-state index contributed by atoms with van der Waals surface area (Å²) in [6, 6.07) is 0. The molecule has 0 atom stereocenters. The van der Waals surface area contributed by atoms with Gasteiger partial charge in [0.1, 0.15) is 15.4 Å². The lowest BCUT2D eigenvalue weighted by molar-refractivity contribution is -0.0669. The molecule has 6 nitrogen and oxygen atoms in total. The minimum absolute atomic E-state index is 0.0262. The Bertz CT molecular complexity index is 458. The molecule has 0 N–H and O–H groups in total. The van der Waals surface area contributed by atoms with Gasteiger partial charge in [0.25, 0.3) is 0 Å². The topological polar surface area (TPSA) is 72.9 Å². The van der Waals surface area contributed by atoms with Gasteiger partial charge in [-0.3, -0.25) is 0 Å². The number of ether oxygens (including phenoxy) is 2. The van der Waals surface area contributed by atoms with E-state index in [-0.39, 0.29) is 24.1 Å². The van der Waals surface area contributed by atoms with Crippen LogP contribution in [0.25, 0.3) is 0 Å². The smallest absolute Gasteiger partial charge is 0.410 e. The lowest BCUT2D eigenvalue weighted by Crippen LogP contribution is -2.48. The molecule has 1 rings (SSSR count). The predicted octanol–water partition coefficient (Wildman–Crippen LogP) is 1.84. The van der Waals surface area contributed by atoms with Crippen molar-refractivity contribution in [2.45, 2.75) is 51.7 Å². The van der Waals surface area contributed by atoms with Crippen LogP contribution in [0, 0.1) is 0 Å². The van der Waals surface area contributed by atoms with Crippen LogP contribution in [0.3, 0.4) is 0 Å². The molecule has 124 valence electrons. The molecule has 0 bridgehead atoms. The molecule has 0 aromatic carbocycles. The number of carbonyl (C=O) groups is 1. The first-order valence-corrected chi connectivity index (χ1v) is 9.26. The van der Waals surface area contributed by atoms with E-state index in [0.717, 1.165) is 0 Å². The Labute approximate surface area is 127 Å². The quantitative estimate of drug-likeness (QED) is 0.790. The normalized spacial score (nSPS) is 19.4. The minimum Gasteiger partial charge on any atom is -0.444 e. The molecular weight excluding hydrogens is 294 g/mol. The van der Waals surface area contributed by atoms with Crippen molar-refractivity contribution in [3.05, 3.63) is 0 Å². The first-order chi connectivity index (χ1) is 9.40. The standard InChI is InChI=1S/C14H27NO5S/c1-13(2,3)20-12(16)15-8-6-14(4,7-9-15)19-10-11-21(5,17)18/h6-11H2,1-5H3. The SMILES string of the molecule is CC(C)(C)OC(=O)N1CCC(C)(OCCS(C)(=O)=O)CC1. The minimum atomic E-state index is -3.01. The molecule has 1 aliphatic rings. The summed E-state index contributed by atoms with van der Waals surface area (Å²) in [5, 5.41) is 0. The molecule has 0 radical (unpaired) electrons. The van der Waals surface area contributed by atoms with Crippen molar-refractivity contribution >= 4 is 15.9 Å². The molecule has 1 heterocycles. The van der Waals surface area contributed by atoms with E-state index >= 15 is 0 Å². The van der Waals surface area contributed by atoms with E-state index in [0.29, 0.717) is 25.9 Å². The lowest BCUT2D eigenvalue weighted by atomic mass is 9.93. The Morgan fingerprint density at radius 3 is 2.19 bits per heavy atom. The third-order valence-corrected chi connectivity index (χ3v) is 4.29. The number of hydrogen-bond acceptors (Lipinski definition) is 5. The number of rotatable bonds is 4. The number of nitrogens with zero attached hydrogens (tertiary/aromatic N) is 1. The summed E-state index contributed by atoms with van der Waals surface area (Å²) in [5.41, 5.74) is -0.868. The molecule has 21 heavy (non-hydrogen) atoms. The Morgan fingerprint density at radius 2 is 1.76 bits per heavy atom. The number of amides is 1. The van der Waals surface area contributed by atoms with Crippen molar-refractivity contribution in [2.75, 3.05) is 31.7 Å². The van der Waals surface area contributed by atoms with Crippen molar-refractivity contribution < 1.29 is 22.7 Å². The van der Waals surface area contributed by atoms with Gasteiger partial charge < -0.3 is 14.4 Å². The van der Waals surface area contributed by atoms with Crippen molar-refractivity contribution in [1.29, 1.82) is 0 Å². The van der Waals surface area contributed by atoms with Gasteiger partial charge in [-0.25, -0.2) is 13.2 Å². The van der Waals surface area contributed by atoms with Crippen LogP contribution in [-0.2, 0) is 19.3 Å². The molecular formula is C14H27NO5S. The van der Waals surface area contributed by atoms with Gasteiger partial charge in [0.2, 0.25) is 0 Å². The maximum atomic E-state index is 12.0. The zero-order valence-electron chi connectivity index (χ0n) is 13.6. The summed E-state index contributed by atoms with van der Waals surface area (Å²) < 4.78 is 33.3. The van der Waals surface area contributed by atoms with Crippen LogP contribution in [0.5, 0.6) is 0 Å². The molecule has 7 heteroatoms. The Balaban J connectivity index is 2.42. The van der Waals surface area contributed by atoms with Crippen LogP contribution in [0.2, 0.25) is 0 Å². The molecule has 1 fully saturated rings. The number of sulfone groups is 1. The monoisotopic (exact) mass is 321 g/mol. The van der Waals surface area contributed by atoms with Crippen LogP contribution < -0.4 is 0 Å². The highest BCUT2D eigenvalue weighted by Crippen LogP contribution is 2.26. The summed E-state index contributed by atoms with van der Waals surface area (Å²) in [4.78, 5) is 13.6. The highest BCUT2D eigenvalue weighted by Gasteiger charge is 2.34. The summed E-state index contributed by atoms with van der Waals surface area (Å²) in [5.74, 6) is 0.0262. The van der Waals surface area contributed by atoms with E-state index < -0.39 is 15.4 Å². The van der Waals surface area contributed by atoms with Crippen molar-refractivity contribution in [3.63, 3.8) is 0 Å². The molecule has 0 unspecified atom stereocenters. The average molecular weight is 321 g/mol. The lowest BCUT2D eigenvalue weighted by Gasteiger charge is -2.39. The van der Waals surface area contributed by atoms with Crippen LogP contribution in [0.4, 0.5) is 4.79 Å². The fourth-order valence-corrected chi connectivity index (χ4v) is 2.46. The molecule has 0 aliphatic carbocycles. The van der Waals surface area contributed by atoms with Crippen molar-refractivity contribution in [1.82, 2.24) is 4.90 Å². The third kappa shape index (κ3) is 7.13. The summed E-state index contributed by atoms with van der Waals surface area (Å²) in [7, 11) is -3.01. The van der Waals surface area contributed by atoms with Gasteiger partial charge >= 0.3 is 6.09 Å². The number of piperidine rings is 1. The van der Waals surface area contributed by atoms with Crippen LogP contribution in [0.15, 0.2) is 0 Å². The fraction of sp³-hybridized carbons (Fsp3) is 0.929. The number of hydrogen-bond donors (Lipinski definition) is 0. The largest absolute Gasteiger partial charge is 0.444 e. The number of likely N-dealkylation sites (tertiary alicyclic amines) is 1. The van der Waals surface area contributed by atoms with Gasteiger partial charge in [0, 0.05) is 19.3 Å². The van der Waals surface area contributed by atoms with Crippen molar-refractivity contribution in [2.24, 2.45) is 0 Å². The van der Waals surface area contributed by atoms with Gasteiger partial charge in [0.05, 0.1) is 18.0 Å². The third-order valence-electron chi connectivity index (χ3n) is 3.38. The van der Waals surface area contributed by atoms with Gasteiger partial charge in [-0.2, -0.15) is 0 Å². The Hall–Kier alpha value is -0.820. The maximum absolute atomic E-state index is 12.0. The molecule has 0 aromatic heterocycles. The predicted molar refractivity (Wildman–Crippen MR) is 81.1 cm³/mol. The highest BCUT2D eigenvalue weighted by molar-refractivity contribution is 7.90. The Kier molecular flexibility index (Phi) is 5.66. The van der Waals surface area contributed by atoms with Gasteiger partial charge in [-0.1, -0.05) is 0 Å². The van der Waals surface area contributed by atoms with Crippen molar-refractivity contribution in [3.8, 4) is 0 Å². The Morgan fingerprint density at radius 1 is 1.24 bits per heavy atom. The van der Waals surface area contributed by atoms with Gasteiger partial charge in [-0.15, -0.1) is 0 Å². The van der Waals surface area contributed by atoms with Crippen LogP contribution in [-0.4, -0.2) is 62.3 Å². The van der Waals surface area contributed by atoms with Gasteiger partial charge in [-0.05, 0) is 40.5 Å². The summed E-state index contributed by atoms with van der Waals surface area (Å²) in [6.45, 7) is 8.80. The van der Waals surface area contributed by atoms with Crippen LogP contribution in [0.1, 0.15) is 40.5 Å². The second-order valence-electron chi connectivity index (χ2n) is 6.90. The van der Waals surface area contributed by atoms with Crippen LogP contribution >= 0.6 is 0 Å². The maximum Gasteiger partial charge on any atom is 0.410 e.